The Bertz CT molecular complexity index is 485. The number of halogens is 1. The van der Waals surface area contributed by atoms with E-state index in [-0.39, 0.29) is 16.5 Å². The van der Waals surface area contributed by atoms with Crippen molar-refractivity contribution in [3.63, 3.8) is 0 Å². The molecule has 5 nitrogen and oxygen atoms in total. The van der Waals surface area contributed by atoms with Crippen LogP contribution in [-0.4, -0.2) is 42.0 Å². The molecule has 0 atom stereocenters. The fourth-order valence-corrected chi connectivity index (χ4v) is 2.76. The molecule has 0 bridgehead atoms. The summed E-state index contributed by atoms with van der Waals surface area (Å²) >= 11 is 5.82. The fraction of sp³-hybridized carbons (Fsp3) is 0.571. The van der Waals surface area contributed by atoms with Gasteiger partial charge in [0.2, 0.25) is 0 Å². The van der Waals surface area contributed by atoms with E-state index in [4.69, 9.17) is 11.6 Å². The molecule has 0 saturated carbocycles. The molecule has 0 amide bonds. The van der Waals surface area contributed by atoms with Gasteiger partial charge in [0.1, 0.15) is 0 Å². The highest BCUT2D eigenvalue weighted by atomic mass is 35.5. The topological polar surface area (TPSA) is 49.6 Å². The summed E-state index contributed by atoms with van der Waals surface area (Å²) in [6, 6.07) is 5.78. The molecule has 1 heterocycles. The standard InChI is InChI=1S/C14H20ClN3O2/c1-11(2)16-5-7-17(8-6-16)13-3-4-14(18(19)20)12(9-13)10-15/h3-4,9,11H,5-8,10H2,1-2H3. The van der Waals surface area contributed by atoms with Crippen LogP contribution >= 0.6 is 11.6 Å². The quantitative estimate of drug-likeness (QED) is 0.487. The average molecular weight is 298 g/mol. The number of nitrogens with zero attached hydrogens (tertiary/aromatic N) is 3. The molecule has 0 spiro atoms. The first-order chi connectivity index (χ1) is 9.52. The summed E-state index contributed by atoms with van der Waals surface area (Å²) in [5, 5.41) is 10.9. The van der Waals surface area contributed by atoms with Gasteiger partial charge in [-0.2, -0.15) is 0 Å². The Labute approximate surface area is 124 Å². The van der Waals surface area contributed by atoms with Crippen LogP contribution in [0.5, 0.6) is 0 Å². The molecule has 1 aromatic rings. The van der Waals surface area contributed by atoms with Crippen molar-refractivity contribution in [3.8, 4) is 0 Å². The maximum Gasteiger partial charge on any atom is 0.273 e. The lowest BCUT2D eigenvalue weighted by atomic mass is 10.1. The molecule has 0 aromatic heterocycles. The number of nitro groups is 1. The van der Waals surface area contributed by atoms with Gasteiger partial charge >= 0.3 is 0 Å². The van der Waals surface area contributed by atoms with Crippen molar-refractivity contribution in [1.82, 2.24) is 4.90 Å². The molecular formula is C14H20ClN3O2. The summed E-state index contributed by atoms with van der Waals surface area (Å²) in [5.74, 6) is 0.163. The van der Waals surface area contributed by atoms with E-state index in [1.54, 1.807) is 6.07 Å². The number of hydrogen-bond donors (Lipinski definition) is 0. The Balaban J connectivity index is 2.12. The van der Waals surface area contributed by atoms with Crippen molar-refractivity contribution in [3.05, 3.63) is 33.9 Å². The van der Waals surface area contributed by atoms with E-state index in [1.165, 1.54) is 0 Å². The highest BCUT2D eigenvalue weighted by molar-refractivity contribution is 6.17. The second-order valence-electron chi connectivity index (χ2n) is 5.32. The number of anilines is 1. The molecule has 1 aromatic carbocycles. The van der Waals surface area contributed by atoms with E-state index < -0.39 is 0 Å². The van der Waals surface area contributed by atoms with E-state index >= 15 is 0 Å². The Morgan fingerprint density at radius 2 is 1.95 bits per heavy atom. The molecule has 1 fully saturated rings. The van der Waals surface area contributed by atoms with Crippen LogP contribution in [0.2, 0.25) is 0 Å². The van der Waals surface area contributed by atoms with Crippen molar-refractivity contribution in [2.24, 2.45) is 0 Å². The number of nitro benzene ring substituents is 1. The van der Waals surface area contributed by atoms with Crippen molar-refractivity contribution < 1.29 is 4.92 Å². The Morgan fingerprint density at radius 3 is 2.45 bits per heavy atom. The molecule has 1 saturated heterocycles. The minimum atomic E-state index is -0.377. The number of alkyl halides is 1. The molecule has 6 heteroatoms. The van der Waals surface area contributed by atoms with Crippen LogP contribution in [0.1, 0.15) is 19.4 Å². The highest BCUT2D eigenvalue weighted by Crippen LogP contribution is 2.27. The van der Waals surface area contributed by atoms with Crippen LogP contribution in [0.15, 0.2) is 18.2 Å². The highest BCUT2D eigenvalue weighted by Gasteiger charge is 2.21. The molecule has 2 rings (SSSR count). The van der Waals surface area contributed by atoms with Gasteiger partial charge in [-0.05, 0) is 26.0 Å². The lowest BCUT2D eigenvalue weighted by Crippen LogP contribution is -2.48. The monoisotopic (exact) mass is 297 g/mol. The average Bonchev–Trinajstić information content (AvgIpc) is 2.46. The van der Waals surface area contributed by atoms with Crippen molar-refractivity contribution >= 4 is 23.0 Å². The summed E-state index contributed by atoms with van der Waals surface area (Å²) in [7, 11) is 0. The van der Waals surface area contributed by atoms with Crippen LogP contribution in [-0.2, 0) is 5.88 Å². The molecule has 1 aliphatic heterocycles. The van der Waals surface area contributed by atoms with Crippen molar-refractivity contribution in [2.45, 2.75) is 25.8 Å². The SMILES string of the molecule is CC(C)N1CCN(c2ccc([N+](=O)[O-])c(CCl)c2)CC1. The van der Waals surface area contributed by atoms with Gasteiger partial charge in [-0.3, -0.25) is 15.0 Å². The molecular weight excluding hydrogens is 278 g/mol. The fourth-order valence-electron chi connectivity index (χ4n) is 2.55. The molecule has 0 N–H and O–H groups in total. The number of piperazine rings is 1. The maximum atomic E-state index is 10.9. The van der Waals surface area contributed by atoms with Crippen molar-refractivity contribution in [1.29, 1.82) is 0 Å². The largest absolute Gasteiger partial charge is 0.369 e. The summed E-state index contributed by atoms with van der Waals surface area (Å²) in [6.45, 7) is 8.32. The predicted octanol–water partition coefficient (Wildman–Crippen LogP) is 2.86. The number of hydrogen-bond acceptors (Lipinski definition) is 4. The number of rotatable bonds is 4. The first kappa shape index (κ1) is 15.1. The van der Waals surface area contributed by atoms with Crippen LogP contribution < -0.4 is 4.90 Å². The van der Waals surface area contributed by atoms with Gasteiger partial charge in [0.05, 0.1) is 10.8 Å². The molecule has 20 heavy (non-hydrogen) atoms. The van der Waals surface area contributed by atoms with Gasteiger partial charge in [-0.15, -0.1) is 11.6 Å². The zero-order valence-corrected chi connectivity index (χ0v) is 12.6. The van der Waals surface area contributed by atoms with Gasteiger partial charge in [-0.25, -0.2) is 0 Å². The molecule has 0 radical (unpaired) electrons. The zero-order valence-electron chi connectivity index (χ0n) is 11.9. The van der Waals surface area contributed by atoms with Crippen LogP contribution in [0.4, 0.5) is 11.4 Å². The summed E-state index contributed by atoms with van der Waals surface area (Å²) in [5.41, 5.74) is 1.71. The molecule has 1 aliphatic rings. The first-order valence-corrected chi connectivity index (χ1v) is 7.38. The van der Waals surface area contributed by atoms with E-state index in [1.807, 2.05) is 12.1 Å². The summed E-state index contributed by atoms with van der Waals surface area (Å²) in [6.07, 6.45) is 0. The summed E-state index contributed by atoms with van der Waals surface area (Å²) < 4.78 is 0. The Hall–Kier alpha value is -1.33. The van der Waals surface area contributed by atoms with Crippen LogP contribution in [0, 0.1) is 10.1 Å². The van der Waals surface area contributed by atoms with E-state index in [2.05, 4.69) is 23.6 Å². The van der Waals surface area contributed by atoms with Crippen LogP contribution in [0.3, 0.4) is 0 Å². The van der Waals surface area contributed by atoms with Crippen molar-refractivity contribution in [2.75, 3.05) is 31.1 Å². The Kier molecular flexibility index (Phi) is 4.83. The second-order valence-corrected chi connectivity index (χ2v) is 5.59. The molecule has 0 unspecified atom stereocenters. The predicted molar refractivity (Wildman–Crippen MR) is 81.6 cm³/mol. The lowest BCUT2D eigenvalue weighted by molar-refractivity contribution is -0.385. The third-order valence-electron chi connectivity index (χ3n) is 3.81. The van der Waals surface area contributed by atoms with E-state index in [0.29, 0.717) is 11.6 Å². The van der Waals surface area contributed by atoms with Crippen LogP contribution in [0.25, 0.3) is 0 Å². The third kappa shape index (κ3) is 3.22. The molecule has 0 aliphatic carbocycles. The van der Waals surface area contributed by atoms with Gasteiger partial charge < -0.3 is 4.90 Å². The number of benzene rings is 1. The third-order valence-corrected chi connectivity index (χ3v) is 4.10. The molecule has 110 valence electrons. The van der Waals surface area contributed by atoms with Gasteiger partial charge in [-0.1, -0.05) is 0 Å². The van der Waals surface area contributed by atoms with E-state index in [9.17, 15) is 10.1 Å². The normalized spacial score (nSPS) is 16.7. The lowest BCUT2D eigenvalue weighted by Gasteiger charge is -2.38. The minimum absolute atomic E-state index is 0.101. The second kappa shape index (κ2) is 6.41. The van der Waals surface area contributed by atoms with E-state index in [0.717, 1.165) is 31.9 Å². The first-order valence-electron chi connectivity index (χ1n) is 6.85. The zero-order chi connectivity index (χ0) is 14.7. The van der Waals surface area contributed by atoms with Gasteiger partial charge in [0.25, 0.3) is 5.69 Å². The maximum absolute atomic E-state index is 10.9. The Morgan fingerprint density at radius 1 is 1.30 bits per heavy atom. The smallest absolute Gasteiger partial charge is 0.273 e. The van der Waals surface area contributed by atoms with Gasteiger partial charge in [0.15, 0.2) is 0 Å². The van der Waals surface area contributed by atoms with Gasteiger partial charge in [0, 0.05) is 49.5 Å². The summed E-state index contributed by atoms with van der Waals surface area (Å²) in [4.78, 5) is 15.2. The minimum Gasteiger partial charge on any atom is -0.369 e.